The van der Waals surface area contributed by atoms with Crippen molar-refractivity contribution in [1.82, 2.24) is 4.98 Å². The van der Waals surface area contributed by atoms with Crippen molar-refractivity contribution in [1.29, 1.82) is 0 Å². The van der Waals surface area contributed by atoms with Crippen LogP contribution >= 0.6 is 11.3 Å². The first-order valence-electron chi connectivity index (χ1n) is 9.66. The number of carbonyl (C=O) groups is 1. The van der Waals surface area contributed by atoms with Gasteiger partial charge in [-0.2, -0.15) is 0 Å². The number of nitrogens with one attached hydrogen (secondary N) is 1. The third kappa shape index (κ3) is 3.33. The summed E-state index contributed by atoms with van der Waals surface area (Å²) in [5.41, 5.74) is 11.0. The minimum absolute atomic E-state index is 0.196. The third-order valence-corrected chi connectivity index (χ3v) is 6.77. The van der Waals surface area contributed by atoms with E-state index in [9.17, 15) is 4.79 Å². The first-order chi connectivity index (χ1) is 13.5. The Labute approximate surface area is 168 Å². The van der Waals surface area contributed by atoms with Gasteiger partial charge in [0.2, 0.25) is 0 Å². The van der Waals surface area contributed by atoms with Gasteiger partial charge in [0, 0.05) is 16.8 Å². The van der Waals surface area contributed by atoms with Crippen LogP contribution in [-0.2, 0) is 12.8 Å². The van der Waals surface area contributed by atoms with Gasteiger partial charge in [0.25, 0.3) is 5.91 Å². The van der Waals surface area contributed by atoms with E-state index in [0.29, 0.717) is 16.5 Å². The molecule has 3 aromatic rings. The van der Waals surface area contributed by atoms with Crippen LogP contribution in [0.15, 0.2) is 24.3 Å². The topological polar surface area (TPSA) is 77.2 Å². The lowest BCUT2D eigenvalue weighted by molar-refractivity contribution is 0.103. The number of benzene rings is 1. The number of fused-ring (bicyclic) bond motifs is 2. The predicted molar refractivity (Wildman–Crippen MR) is 116 cm³/mol. The van der Waals surface area contributed by atoms with E-state index in [-0.39, 0.29) is 5.91 Å². The van der Waals surface area contributed by atoms with Gasteiger partial charge in [-0.15, -0.1) is 11.3 Å². The van der Waals surface area contributed by atoms with Crippen molar-refractivity contribution in [2.75, 3.05) is 18.2 Å². The van der Waals surface area contributed by atoms with Crippen molar-refractivity contribution in [3.8, 4) is 5.75 Å². The van der Waals surface area contributed by atoms with Crippen LogP contribution in [0.1, 0.15) is 46.3 Å². The predicted octanol–water partition coefficient (Wildman–Crippen LogP) is 4.96. The smallest absolute Gasteiger partial charge is 0.267 e. The molecule has 2 aromatic heterocycles. The van der Waals surface area contributed by atoms with Gasteiger partial charge >= 0.3 is 0 Å². The Morgan fingerprint density at radius 2 is 2.21 bits per heavy atom. The summed E-state index contributed by atoms with van der Waals surface area (Å²) in [6.45, 7) is 4.18. The fourth-order valence-electron chi connectivity index (χ4n) is 3.87. The first-order valence-corrected chi connectivity index (χ1v) is 10.5. The molecule has 5 nitrogen and oxygen atoms in total. The van der Waals surface area contributed by atoms with Crippen LogP contribution < -0.4 is 15.8 Å². The second-order valence-corrected chi connectivity index (χ2v) is 8.44. The number of thiophene rings is 1. The monoisotopic (exact) mass is 395 g/mol. The molecule has 1 amide bonds. The van der Waals surface area contributed by atoms with E-state index in [1.54, 1.807) is 7.11 Å². The number of carbonyl (C=O) groups excluding carboxylic acids is 1. The molecule has 0 bridgehead atoms. The normalized spacial score (nSPS) is 16.0. The number of methoxy groups -OCH3 is 1. The molecule has 1 atom stereocenters. The quantitative estimate of drug-likeness (QED) is 0.654. The number of hydrogen-bond acceptors (Lipinski definition) is 5. The maximum Gasteiger partial charge on any atom is 0.267 e. The molecule has 4 rings (SSSR count). The SMILES string of the molecule is CC[C@@H]1CCc2nc3sc(C(=O)Nc4ccc(OC)cc4C)c(N)c3cc2C1. The highest BCUT2D eigenvalue weighted by molar-refractivity contribution is 7.21. The number of amides is 1. The lowest BCUT2D eigenvalue weighted by Gasteiger charge is -2.22. The Kier molecular flexibility index (Phi) is 4.98. The van der Waals surface area contributed by atoms with Gasteiger partial charge in [0.15, 0.2) is 0 Å². The second kappa shape index (κ2) is 7.43. The first kappa shape index (κ1) is 18.7. The molecular weight excluding hydrogens is 370 g/mol. The van der Waals surface area contributed by atoms with Crippen molar-refractivity contribution >= 4 is 38.8 Å². The number of rotatable bonds is 4. The molecule has 0 fully saturated rings. The summed E-state index contributed by atoms with van der Waals surface area (Å²) >= 11 is 1.37. The Morgan fingerprint density at radius 1 is 1.39 bits per heavy atom. The van der Waals surface area contributed by atoms with Crippen molar-refractivity contribution in [2.45, 2.75) is 39.5 Å². The van der Waals surface area contributed by atoms with Crippen LogP contribution in [0.25, 0.3) is 10.2 Å². The highest BCUT2D eigenvalue weighted by Gasteiger charge is 2.23. The number of nitrogens with two attached hydrogens (primary N) is 1. The van der Waals surface area contributed by atoms with Crippen molar-refractivity contribution in [3.63, 3.8) is 0 Å². The lowest BCUT2D eigenvalue weighted by Crippen LogP contribution is -2.14. The van der Waals surface area contributed by atoms with Crippen molar-refractivity contribution in [3.05, 3.63) is 46.0 Å². The largest absolute Gasteiger partial charge is 0.497 e. The van der Waals surface area contributed by atoms with Crippen LogP contribution in [-0.4, -0.2) is 18.0 Å². The fourth-order valence-corrected chi connectivity index (χ4v) is 4.86. The maximum atomic E-state index is 12.9. The molecule has 1 aliphatic rings. The highest BCUT2D eigenvalue weighted by atomic mass is 32.1. The molecule has 0 saturated heterocycles. The van der Waals surface area contributed by atoms with E-state index in [0.717, 1.165) is 45.8 Å². The molecule has 0 saturated carbocycles. The zero-order chi connectivity index (χ0) is 19.8. The van der Waals surface area contributed by atoms with E-state index in [1.807, 2.05) is 25.1 Å². The Hall–Kier alpha value is -2.60. The van der Waals surface area contributed by atoms with Gasteiger partial charge in [-0.3, -0.25) is 4.79 Å². The van der Waals surface area contributed by atoms with Crippen LogP contribution in [0.3, 0.4) is 0 Å². The average Bonchev–Trinajstić information content (AvgIpc) is 3.03. The molecule has 0 aliphatic heterocycles. The minimum Gasteiger partial charge on any atom is -0.497 e. The molecular formula is C22H25N3O2S. The Morgan fingerprint density at radius 3 is 2.93 bits per heavy atom. The molecule has 1 aliphatic carbocycles. The van der Waals surface area contributed by atoms with Gasteiger partial charge in [-0.25, -0.2) is 4.98 Å². The van der Waals surface area contributed by atoms with Crippen LogP contribution in [0.4, 0.5) is 11.4 Å². The van der Waals surface area contributed by atoms with Crippen molar-refractivity contribution in [2.24, 2.45) is 5.92 Å². The van der Waals surface area contributed by atoms with Gasteiger partial charge < -0.3 is 15.8 Å². The van der Waals surface area contributed by atoms with Crippen molar-refractivity contribution < 1.29 is 9.53 Å². The number of aryl methyl sites for hydroxylation is 2. The van der Waals surface area contributed by atoms with E-state index in [2.05, 4.69) is 18.3 Å². The maximum absolute atomic E-state index is 12.9. The summed E-state index contributed by atoms with van der Waals surface area (Å²) in [5.74, 6) is 1.28. The summed E-state index contributed by atoms with van der Waals surface area (Å²) in [4.78, 5) is 19.1. The summed E-state index contributed by atoms with van der Waals surface area (Å²) in [6, 6.07) is 7.72. The van der Waals surface area contributed by atoms with Crippen LogP contribution in [0.2, 0.25) is 0 Å². The molecule has 0 radical (unpaired) electrons. The molecule has 0 spiro atoms. The summed E-state index contributed by atoms with van der Waals surface area (Å²) in [6.07, 6.45) is 4.43. The van der Waals surface area contributed by atoms with E-state index < -0.39 is 0 Å². The van der Waals surface area contributed by atoms with Gasteiger partial charge in [0.05, 0.1) is 12.8 Å². The molecule has 3 N–H and O–H groups in total. The van der Waals surface area contributed by atoms with Crippen LogP contribution in [0, 0.1) is 12.8 Å². The average molecular weight is 396 g/mol. The zero-order valence-electron chi connectivity index (χ0n) is 16.5. The number of pyridine rings is 1. The summed E-state index contributed by atoms with van der Waals surface area (Å²) in [5, 5.41) is 3.87. The molecule has 6 heteroatoms. The molecule has 0 unspecified atom stereocenters. The highest BCUT2D eigenvalue weighted by Crippen LogP contribution is 2.37. The van der Waals surface area contributed by atoms with E-state index >= 15 is 0 Å². The number of aromatic nitrogens is 1. The van der Waals surface area contributed by atoms with E-state index in [4.69, 9.17) is 15.5 Å². The lowest BCUT2D eigenvalue weighted by atomic mass is 9.85. The standard InChI is InChI=1S/C22H25N3O2S/c1-4-13-5-7-18-14(10-13)11-16-19(23)20(28-22(16)25-18)21(26)24-17-8-6-15(27-3)9-12(17)2/h6,8-9,11,13H,4-5,7,10,23H2,1-3H3,(H,24,26)/t13-/m1/s1. The number of ether oxygens (including phenoxy) is 1. The third-order valence-electron chi connectivity index (χ3n) is 5.65. The fraction of sp³-hybridized carbons (Fsp3) is 0.364. The number of anilines is 2. The summed E-state index contributed by atoms with van der Waals surface area (Å²) < 4.78 is 5.22. The van der Waals surface area contributed by atoms with Gasteiger partial charge in [-0.05, 0) is 67.5 Å². The van der Waals surface area contributed by atoms with Crippen LogP contribution in [0.5, 0.6) is 5.75 Å². The second-order valence-electron chi connectivity index (χ2n) is 7.44. The molecule has 1 aromatic carbocycles. The molecule has 28 heavy (non-hydrogen) atoms. The number of nitrogens with zero attached hydrogens (tertiary/aromatic N) is 1. The van der Waals surface area contributed by atoms with Gasteiger partial charge in [-0.1, -0.05) is 13.3 Å². The molecule has 2 heterocycles. The number of hydrogen-bond donors (Lipinski definition) is 2. The summed E-state index contributed by atoms with van der Waals surface area (Å²) in [7, 11) is 1.63. The minimum atomic E-state index is -0.196. The zero-order valence-corrected chi connectivity index (χ0v) is 17.3. The van der Waals surface area contributed by atoms with E-state index in [1.165, 1.54) is 29.7 Å². The Bertz CT molecular complexity index is 1060. The number of nitrogen functional groups attached to an aromatic ring is 1. The molecule has 146 valence electrons. The Balaban J connectivity index is 1.65. The van der Waals surface area contributed by atoms with Gasteiger partial charge in [0.1, 0.15) is 15.5 Å².